The molecular formula is C17H18ClN3O2. The molecule has 1 atom stereocenters. The summed E-state index contributed by atoms with van der Waals surface area (Å²) < 4.78 is 5.91. The Morgan fingerprint density at radius 3 is 2.96 bits per heavy atom. The van der Waals surface area contributed by atoms with Gasteiger partial charge in [-0.2, -0.15) is 0 Å². The van der Waals surface area contributed by atoms with E-state index in [0.29, 0.717) is 23.0 Å². The average molecular weight is 332 g/mol. The lowest BCUT2D eigenvalue weighted by molar-refractivity contribution is 0.100. The second-order valence-electron chi connectivity index (χ2n) is 5.66. The van der Waals surface area contributed by atoms with Gasteiger partial charge in [0.05, 0.1) is 12.1 Å². The van der Waals surface area contributed by atoms with Crippen LogP contribution in [0.25, 0.3) is 0 Å². The number of nitrogens with zero attached hydrogens (tertiary/aromatic N) is 2. The molecule has 1 aliphatic rings. The number of rotatable bonds is 4. The minimum atomic E-state index is -0.423. The van der Waals surface area contributed by atoms with Crippen LogP contribution in [0.4, 0.5) is 5.69 Å². The number of carbonyl (C=O) groups excluding carboxylic acids is 1. The van der Waals surface area contributed by atoms with Gasteiger partial charge in [0.15, 0.2) is 0 Å². The average Bonchev–Trinajstić information content (AvgIpc) is 2.98. The number of benzene rings is 1. The van der Waals surface area contributed by atoms with E-state index in [2.05, 4.69) is 9.88 Å². The number of hydrogen-bond donors (Lipinski definition) is 1. The van der Waals surface area contributed by atoms with Gasteiger partial charge in [-0.3, -0.25) is 4.79 Å². The van der Waals surface area contributed by atoms with Crippen LogP contribution in [0, 0.1) is 6.92 Å². The quantitative estimate of drug-likeness (QED) is 0.935. The number of halogens is 1. The highest BCUT2D eigenvalue weighted by atomic mass is 35.5. The van der Waals surface area contributed by atoms with Gasteiger partial charge in [0.25, 0.3) is 5.91 Å². The predicted molar refractivity (Wildman–Crippen MR) is 90.2 cm³/mol. The van der Waals surface area contributed by atoms with Crippen molar-refractivity contribution >= 4 is 23.2 Å². The van der Waals surface area contributed by atoms with E-state index in [4.69, 9.17) is 22.1 Å². The van der Waals surface area contributed by atoms with Crippen molar-refractivity contribution in [3.05, 3.63) is 52.7 Å². The van der Waals surface area contributed by atoms with Crippen molar-refractivity contribution in [1.29, 1.82) is 0 Å². The molecule has 1 saturated heterocycles. The molecule has 0 aliphatic carbocycles. The first-order chi connectivity index (χ1) is 11.0. The summed E-state index contributed by atoms with van der Waals surface area (Å²) in [6, 6.07) is 9.18. The number of ether oxygens (including phenoxy) is 1. The summed E-state index contributed by atoms with van der Waals surface area (Å²) in [5, 5.41) is 0.515. The zero-order valence-electron chi connectivity index (χ0n) is 12.8. The Balaban J connectivity index is 1.73. The van der Waals surface area contributed by atoms with Gasteiger partial charge in [0.1, 0.15) is 11.1 Å². The normalized spacial score (nSPS) is 17.3. The van der Waals surface area contributed by atoms with E-state index in [-0.39, 0.29) is 6.10 Å². The number of hydrogen-bond acceptors (Lipinski definition) is 4. The maximum Gasteiger partial charge on any atom is 0.250 e. The zero-order valence-corrected chi connectivity index (χ0v) is 13.6. The third kappa shape index (κ3) is 3.40. The van der Waals surface area contributed by atoms with Crippen molar-refractivity contribution < 1.29 is 9.53 Å². The molecule has 1 aliphatic heterocycles. The van der Waals surface area contributed by atoms with Gasteiger partial charge in [-0.15, -0.1) is 0 Å². The number of amides is 1. The van der Waals surface area contributed by atoms with E-state index < -0.39 is 5.91 Å². The van der Waals surface area contributed by atoms with Gasteiger partial charge >= 0.3 is 0 Å². The molecule has 0 saturated carbocycles. The number of pyridine rings is 1. The van der Waals surface area contributed by atoms with Crippen molar-refractivity contribution in [1.82, 2.24) is 4.98 Å². The summed E-state index contributed by atoms with van der Waals surface area (Å²) in [7, 11) is 0. The number of aromatic nitrogens is 1. The minimum Gasteiger partial charge on any atom is -0.471 e. The Hall–Kier alpha value is -2.27. The first-order valence-electron chi connectivity index (χ1n) is 7.47. The standard InChI is InChI=1S/C17H18ClN3O2/c1-11-8-14(18)17(20-9-11)23-12-6-7-21(10-12)15-5-3-2-4-13(15)16(19)22/h2-5,8-9,12H,6-7,10H2,1H3,(H2,19,22)/t12-/m1/s1. The first kappa shape index (κ1) is 15.6. The Kier molecular flexibility index (Phi) is 4.39. The number of primary amides is 1. The van der Waals surface area contributed by atoms with Crippen LogP contribution in [-0.4, -0.2) is 30.1 Å². The zero-order chi connectivity index (χ0) is 16.4. The fraction of sp³-hybridized carbons (Fsp3) is 0.294. The number of anilines is 1. The van der Waals surface area contributed by atoms with E-state index >= 15 is 0 Å². The monoisotopic (exact) mass is 331 g/mol. The predicted octanol–water partition coefficient (Wildman–Crippen LogP) is 2.80. The third-order valence-corrected chi connectivity index (χ3v) is 4.15. The highest BCUT2D eigenvalue weighted by Gasteiger charge is 2.27. The third-order valence-electron chi connectivity index (χ3n) is 3.88. The second-order valence-corrected chi connectivity index (χ2v) is 6.06. The van der Waals surface area contributed by atoms with Gasteiger partial charge in [-0.05, 0) is 30.7 Å². The van der Waals surface area contributed by atoms with E-state index in [0.717, 1.165) is 24.2 Å². The van der Waals surface area contributed by atoms with Crippen LogP contribution in [0.5, 0.6) is 5.88 Å². The fourth-order valence-electron chi connectivity index (χ4n) is 2.77. The molecule has 2 N–H and O–H groups in total. The van der Waals surface area contributed by atoms with Crippen LogP contribution in [-0.2, 0) is 0 Å². The molecule has 0 spiro atoms. The summed E-state index contributed by atoms with van der Waals surface area (Å²) in [5.74, 6) is 0.0283. The molecule has 1 fully saturated rings. The Morgan fingerprint density at radius 1 is 1.43 bits per heavy atom. The molecule has 3 rings (SSSR count). The summed E-state index contributed by atoms with van der Waals surface area (Å²) in [5.41, 5.74) is 7.81. The molecule has 120 valence electrons. The molecule has 23 heavy (non-hydrogen) atoms. The number of carbonyl (C=O) groups is 1. The lowest BCUT2D eigenvalue weighted by atomic mass is 10.1. The summed E-state index contributed by atoms with van der Waals surface area (Å²) in [6.07, 6.45) is 2.54. The van der Waals surface area contributed by atoms with Crippen molar-refractivity contribution in [3.8, 4) is 5.88 Å². The van der Waals surface area contributed by atoms with E-state index in [9.17, 15) is 4.79 Å². The van der Waals surface area contributed by atoms with E-state index in [1.54, 1.807) is 12.3 Å². The first-order valence-corrected chi connectivity index (χ1v) is 7.85. The molecule has 2 heterocycles. The molecule has 1 aromatic heterocycles. The van der Waals surface area contributed by atoms with E-state index in [1.165, 1.54) is 0 Å². The highest BCUT2D eigenvalue weighted by Crippen LogP contribution is 2.28. The lowest BCUT2D eigenvalue weighted by Crippen LogP contribution is -2.27. The SMILES string of the molecule is Cc1cnc(O[C@@H]2CCN(c3ccccc3C(N)=O)C2)c(Cl)c1. The lowest BCUT2D eigenvalue weighted by Gasteiger charge is -2.21. The summed E-state index contributed by atoms with van der Waals surface area (Å²) in [4.78, 5) is 17.9. The molecular weight excluding hydrogens is 314 g/mol. The van der Waals surface area contributed by atoms with Crippen molar-refractivity contribution in [2.24, 2.45) is 5.73 Å². The van der Waals surface area contributed by atoms with Crippen molar-refractivity contribution in [3.63, 3.8) is 0 Å². The number of para-hydroxylation sites is 1. The number of aryl methyl sites for hydroxylation is 1. The molecule has 6 heteroatoms. The molecule has 5 nitrogen and oxygen atoms in total. The van der Waals surface area contributed by atoms with E-state index in [1.807, 2.05) is 31.2 Å². The Morgan fingerprint density at radius 2 is 2.22 bits per heavy atom. The molecule has 1 aromatic carbocycles. The van der Waals surface area contributed by atoms with Crippen LogP contribution < -0.4 is 15.4 Å². The topological polar surface area (TPSA) is 68.4 Å². The number of nitrogens with two attached hydrogens (primary N) is 1. The Labute approximate surface area is 140 Å². The summed E-state index contributed by atoms with van der Waals surface area (Å²) >= 11 is 6.17. The van der Waals surface area contributed by atoms with Gasteiger partial charge in [0.2, 0.25) is 5.88 Å². The smallest absolute Gasteiger partial charge is 0.250 e. The fourth-order valence-corrected chi connectivity index (χ4v) is 3.03. The largest absolute Gasteiger partial charge is 0.471 e. The summed E-state index contributed by atoms with van der Waals surface area (Å²) in [6.45, 7) is 3.38. The van der Waals surface area contributed by atoms with Gasteiger partial charge in [-0.25, -0.2) is 4.98 Å². The Bertz CT molecular complexity index is 736. The van der Waals surface area contributed by atoms with Crippen molar-refractivity contribution in [2.45, 2.75) is 19.4 Å². The van der Waals surface area contributed by atoms with Crippen LogP contribution in [0.1, 0.15) is 22.3 Å². The van der Waals surface area contributed by atoms with Gasteiger partial charge in [0, 0.05) is 24.8 Å². The highest BCUT2D eigenvalue weighted by molar-refractivity contribution is 6.31. The van der Waals surface area contributed by atoms with Gasteiger partial charge in [-0.1, -0.05) is 23.7 Å². The van der Waals surface area contributed by atoms with Gasteiger partial charge < -0.3 is 15.4 Å². The van der Waals surface area contributed by atoms with Crippen LogP contribution in [0.2, 0.25) is 5.02 Å². The van der Waals surface area contributed by atoms with Crippen molar-refractivity contribution in [2.75, 3.05) is 18.0 Å². The maximum absolute atomic E-state index is 11.6. The molecule has 0 bridgehead atoms. The molecule has 0 radical (unpaired) electrons. The van der Waals surface area contributed by atoms with Crippen LogP contribution in [0.3, 0.4) is 0 Å². The maximum atomic E-state index is 11.6. The van der Waals surface area contributed by atoms with Crippen LogP contribution >= 0.6 is 11.6 Å². The molecule has 0 unspecified atom stereocenters. The molecule has 2 aromatic rings. The second kappa shape index (κ2) is 6.46. The molecule has 1 amide bonds. The minimum absolute atomic E-state index is 0.0244. The van der Waals surface area contributed by atoms with Crippen LogP contribution in [0.15, 0.2) is 36.5 Å².